The maximum Gasteiger partial charge on any atom is 0.133 e. The van der Waals surface area contributed by atoms with Crippen LogP contribution in [0.2, 0.25) is 0 Å². The molecule has 0 spiro atoms. The molecule has 2 unspecified atom stereocenters. The van der Waals surface area contributed by atoms with Crippen molar-refractivity contribution >= 4 is 0 Å². The Balaban J connectivity index is 0.00000242. The van der Waals surface area contributed by atoms with E-state index in [0.717, 1.165) is 4.48 Å². The third kappa shape index (κ3) is 3.68. The number of nitrogens with zero attached hydrogens (tertiary/aromatic N) is 1. The highest BCUT2D eigenvalue weighted by atomic mass is 35.5. The van der Waals surface area contributed by atoms with Gasteiger partial charge in [-0.3, -0.25) is 0 Å². The number of hydrogen-bond acceptors (Lipinski definition) is 0. The molecule has 2 heteroatoms. The van der Waals surface area contributed by atoms with Crippen LogP contribution in [-0.4, -0.2) is 18.6 Å². The van der Waals surface area contributed by atoms with E-state index in [1.54, 1.807) is 0 Å². The Morgan fingerprint density at radius 3 is 1.32 bits per heavy atom. The summed E-state index contributed by atoms with van der Waals surface area (Å²) in [6.07, 6.45) is 4.07. The van der Waals surface area contributed by atoms with E-state index in [1.807, 2.05) is 24.3 Å². The minimum absolute atomic E-state index is 0. The Morgan fingerprint density at radius 1 is 0.727 bits per heavy atom. The van der Waals surface area contributed by atoms with Crippen molar-refractivity contribution in [2.45, 2.75) is 12.1 Å². The maximum atomic E-state index is 4.06. The highest BCUT2D eigenvalue weighted by Gasteiger charge is 2.34. The van der Waals surface area contributed by atoms with Gasteiger partial charge in [-0.1, -0.05) is 73.8 Å². The number of benzene rings is 2. The van der Waals surface area contributed by atoms with Crippen LogP contribution in [0.3, 0.4) is 0 Å². The Bertz CT molecular complexity index is 536. The van der Waals surface area contributed by atoms with Gasteiger partial charge in [0.05, 0.1) is 14.1 Å². The van der Waals surface area contributed by atoms with Crippen LogP contribution < -0.4 is 12.4 Å². The molecule has 0 aliphatic heterocycles. The molecule has 0 aliphatic rings. The van der Waals surface area contributed by atoms with E-state index in [4.69, 9.17) is 0 Å². The Kier molecular flexibility index (Phi) is 6.61. The number of hydrogen-bond donors (Lipinski definition) is 0. The summed E-state index contributed by atoms with van der Waals surface area (Å²) in [6, 6.07) is 21.5. The van der Waals surface area contributed by atoms with Crippen molar-refractivity contribution in [1.82, 2.24) is 0 Å². The lowest BCUT2D eigenvalue weighted by molar-refractivity contribution is -0.937. The van der Waals surface area contributed by atoms with Crippen LogP contribution in [0.25, 0.3) is 0 Å². The molecular formula is C20H24ClN. The van der Waals surface area contributed by atoms with Gasteiger partial charge in [-0.25, -0.2) is 0 Å². The van der Waals surface area contributed by atoms with E-state index >= 15 is 0 Å². The summed E-state index contributed by atoms with van der Waals surface area (Å²) in [5, 5.41) is 0. The van der Waals surface area contributed by atoms with Gasteiger partial charge in [-0.05, 0) is 12.2 Å². The summed E-state index contributed by atoms with van der Waals surface area (Å²) in [4.78, 5) is 0. The summed E-state index contributed by atoms with van der Waals surface area (Å²) >= 11 is 0. The molecule has 0 radical (unpaired) electrons. The van der Waals surface area contributed by atoms with Crippen molar-refractivity contribution in [3.05, 3.63) is 97.1 Å². The van der Waals surface area contributed by atoms with Crippen LogP contribution in [0.15, 0.2) is 86.0 Å². The first-order valence-corrected chi connectivity index (χ1v) is 7.29. The summed E-state index contributed by atoms with van der Waals surface area (Å²) in [5.74, 6) is 0. The third-order valence-electron chi connectivity index (χ3n) is 4.16. The van der Waals surface area contributed by atoms with Gasteiger partial charge in [0.2, 0.25) is 0 Å². The lowest BCUT2D eigenvalue weighted by Crippen LogP contribution is -3.00. The Hall–Kier alpha value is -1.83. The number of rotatable bonds is 6. The van der Waals surface area contributed by atoms with Crippen molar-refractivity contribution in [3.63, 3.8) is 0 Å². The van der Waals surface area contributed by atoms with Gasteiger partial charge >= 0.3 is 0 Å². The van der Waals surface area contributed by atoms with E-state index in [9.17, 15) is 0 Å². The number of quaternary nitrogens is 1. The van der Waals surface area contributed by atoms with Gasteiger partial charge in [0.15, 0.2) is 0 Å². The highest BCUT2D eigenvalue weighted by molar-refractivity contribution is 5.24. The topological polar surface area (TPSA) is 0 Å². The number of halogens is 1. The fraction of sp³-hybridized carbons (Fsp3) is 0.200. The smallest absolute Gasteiger partial charge is 0.133 e. The monoisotopic (exact) mass is 313 g/mol. The highest BCUT2D eigenvalue weighted by Crippen LogP contribution is 2.36. The standard InChI is InChI=1S/C20H24N.ClH/c1-5-19(17-13-9-7-10-14-17)21(3,4)20(6-2)18-15-11-8-12-16-18;/h5-16,19-20H,1-2H2,3-4H3;1H/q+1;/p-1. The zero-order chi connectivity index (χ0) is 15.3. The van der Waals surface area contributed by atoms with Gasteiger partial charge in [0, 0.05) is 11.1 Å². The largest absolute Gasteiger partial charge is 1.00 e. The average Bonchev–Trinajstić information content (AvgIpc) is 2.50. The summed E-state index contributed by atoms with van der Waals surface area (Å²) in [5.41, 5.74) is 2.56. The van der Waals surface area contributed by atoms with E-state index < -0.39 is 0 Å². The summed E-state index contributed by atoms with van der Waals surface area (Å²) in [7, 11) is 4.47. The van der Waals surface area contributed by atoms with Gasteiger partial charge in [-0.15, -0.1) is 0 Å². The zero-order valence-electron chi connectivity index (χ0n) is 13.3. The second-order valence-electron chi connectivity index (χ2n) is 5.81. The molecule has 2 aromatic rings. The van der Waals surface area contributed by atoms with Crippen molar-refractivity contribution in [2.24, 2.45) is 0 Å². The quantitative estimate of drug-likeness (QED) is 0.565. The first kappa shape index (κ1) is 18.2. The normalized spacial score (nSPS) is 13.5. The molecule has 2 atom stereocenters. The van der Waals surface area contributed by atoms with Gasteiger partial charge in [0.1, 0.15) is 12.1 Å². The van der Waals surface area contributed by atoms with Crippen LogP contribution in [0.4, 0.5) is 0 Å². The molecule has 0 heterocycles. The second kappa shape index (κ2) is 7.98. The number of likely N-dealkylation sites (N-methyl/N-ethyl adjacent to an activating group) is 1. The van der Waals surface area contributed by atoms with E-state index in [2.05, 4.69) is 75.8 Å². The van der Waals surface area contributed by atoms with Crippen molar-refractivity contribution in [1.29, 1.82) is 0 Å². The Labute approximate surface area is 140 Å². The minimum atomic E-state index is 0. The van der Waals surface area contributed by atoms with Crippen LogP contribution in [0.1, 0.15) is 23.2 Å². The van der Waals surface area contributed by atoms with Crippen molar-refractivity contribution in [3.8, 4) is 0 Å². The molecule has 0 bridgehead atoms. The average molecular weight is 314 g/mol. The lowest BCUT2D eigenvalue weighted by Gasteiger charge is -2.42. The van der Waals surface area contributed by atoms with Gasteiger partial charge < -0.3 is 16.9 Å². The molecule has 0 fully saturated rings. The first-order valence-electron chi connectivity index (χ1n) is 7.29. The molecule has 2 rings (SSSR count). The molecule has 0 saturated heterocycles. The molecule has 0 aromatic heterocycles. The van der Waals surface area contributed by atoms with E-state index in [-0.39, 0.29) is 24.5 Å². The predicted molar refractivity (Wildman–Crippen MR) is 90.9 cm³/mol. The fourth-order valence-electron chi connectivity index (χ4n) is 3.06. The molecule has 0 saturated carbocycles. The van der Waals surface area contributed by atoms with Crippen LogP contribution in [-0.2, 0) is 0 Å². The van der Waals surface area contributed by atoms with Gasteiger partial charge in [-0.2, -0.15) is 0 Å². The van der Waals surface area contributed by atoms with E-state index in [0.29, 0.717) is 0 Å². The third-order valence-corrected chi connectivity index (χ3v) is 4.16. The first-order chi connectivity index (χ1) is 10.1. The summed E-state index contributed by atoms with van der Waals surface area (Å²) in [6.45, 7) is 8.13. The SMILES string of the molecule is C=CC(c1ccccc1)[N+](C)(C)C(C=C)c1ccccc1.[Cl-]. The molecular weight excluding hydrogens is 290 g/mol. The van der Waals surface area contributed by atoms with E-state index in [1.165, 1.54) is 11.1 Å². The predicted octanol–water partition coefficient (Wildman–Crippen LogP) is 1.92. The molecule has 0 N–H and O–H groups in total. The molecule has 22 heavy (non-hydrogen) atoms. The molecule has 2 aromatic carbocycles. The molecule has 0 amide bonds. The second-order valence-corrected chi connectivity index (χ2v) is 5.81. The Morgan fingerprint density at radius 2 is 1.05 bits per heavy atom. The van der Waals surface area contributed by atoms with Crippen LogP contribution >= 0.6 is 0 Å². The summed E-state index contributed by atoms with van der Waals surface area (Å²) < 4.78 is 0.765. The minimum Gasteiger partial charge on any atom is -1.00 e. The van der Waals surface area contributed by atoms with Crippen LogP contribution in [0, 0.1) is 0 Å². The van der Waals surface area contributed by atoms with Crippen molar-refractivity contribution < 1.29 is 16.9 Å². The molecule has 116 valence electrons. The van der Waals surface area contributed by atoms with Crippen molar-refractivity contribution in [2.75, 3.05) is 14.1 Å². The lowest BCUT2D eigenvalue weighted by atomic mass is 9.97. The fourth-order valence-corrected chi connectivity index (χ4v) is 3.06. The zero-order valence-corrected chi connectivity index (χ0v) is 14.1. The maximum absolute atomic E-state index is 4.06. The molecule has 0 aliphatic carbocycles. The molecule has 1 nitrogen and oxygen atoms in total. The van der Waals surface area contributed by atoms with Crippen LogP contribution in [0.5, 0.6) is 0 Å². The van der Waals surface area contributed by atoms with Gasteiger partial charge in [0.25, 0.3) is 0 Å².